The summed E-state index contributed by atoms with van der Waals surface area (Å²) in [6.07, 6.45) is 5.05. The molecule has 0 spiro atoms. The number of carbonyl (C=O) groups excluding carboxylic acids is 1. The van der Waals surface area contributed by atoms with Crippen molar-refractivity contribution >= 4 is 28.6 Å². The molecular weight excluding hydrogens is 308 g/mol. The van der Waals surface area contributed by atoms with Crippen molar-refractivity contribution in [2.75, 3.05) is 6.54 Å². The maximum Gasteiger partial charge on any atom is 0.303 e. The Kier molecular flexibility index (Phi) is 5.95. The molecule has 24 heavy (non-hydrogen) atoms. The van der Waals surface area contributed by atoms with E-state index in [0.717, 1.165) is 30.2 Å². The number of nitrogens with two attached hydrogens (primary N) is 1. The predicted octanol–water partition coefficient (Wildman–Crippen LogP) is 2.22. The number of carboxylic acids is 1. The van der Waals surface area contributed by atoms with Gasteiger partial charge in [-0.25, -0.2) is 0 Å². The summed E-state index contributed by atoms with van der Waals surface area (Å²) >= 11 is 0. The molecule has 2 rings (SSSR count). The van der Waals surface area contributed by atoms with E-state index in [0.29, 0.717) is 24.1 Å². The molecule has 128 valence electrons. The zero-order valence-electron chi connectivity index (χ0n) is 13.4. The Labute approximate surface area is 139 Å². The number of benzene rings is 1. The maximum atomic E-state index is 12.3. The van der Waals surface area contributed by atoms with Gasteiger partial charge in [0.1, 0.15) is 5.84 Å². The van der Waals surface area contributed by atoms with Crippen molar-refractivity contribution in [1.82, 2.24) is 10.3 Å². The summed E-state index contributed by atoms with van der Waals surface area (Å²) in [5.74, 6) is -0.981. The number of H-pyrrole nitrogens is 1. The van der Waals surface area contributed by atoms with Gasteiger partial charge in [0.15, 0.2) is 0 Å². The summed E-state index contributed by atoms with van der Waals surface area (Å²) in [7, 11) is 0. The third-order valence-corrected chi connectivity index (χ3v) is 3.84. The van der Waals surface area contributed by atoms with Crippen LogP contribution < -0.4 is 11.1 Å². The van der Waals surface area contributed by atoms with Gasteiger partial charge < -0.3 is 21.1 Å². The Balaban J connectivity index is 1.86. The van der Waals surface area contributed by atoms with Gasteiger partial charge in [0, 0.05) is 35.6 Å². The van der Waals surface area contributed by atoms with Gasteiger partial charge in [-0.3, -0.25) is 15.0 Å². The van der Waals surface area contributed by atoms with E-state index < -0.39 is 5.97 Å². The van der Waals surface area contributed by atoms with Crippen LogP contribution in [0.15, 0.2) is 24.4 Å². The van der Waals surface area contributed by atoms with E-state index in [1.165, 1.54) is 0 Å². The highest BCUT2D eigenvalue weighted by Crippen LogP contribution is 2.19. The number of rotatable bonds is 9. The molecule has 0 aliphatic rings. The maximum absolute atomic E-state index is 12.3. The SMILES string of the molecule is N=C(N)c1ccc2[nH]cc(C(=O)NCCCCCCC(=O)O)c2c1. The van der Waals surface area contributed by atoms with Gasteiger partial charge in [0.25, 0.3) is 5.91 Å². The third-order valence-electron chi connectivity index (χ3n) is 3.84. The van der Waals surface area contributed by atoms with E-state index in [1.807, 2.05) is 0 Å². The Bertz CT molecular complexity index is 751. The molecule has 0 radical (unpaired) electrons. The van der Waals surface area contributed by atoms with Crippen LogP contribution in [0.1, 0.15) is 48.0 Å². The van der Waals surface area contributed by atoms with Crippen molar-refractivity contribution in [3.8, 4) is 0 Å². The van der Waals surface area contributed by atoms with Gasteiger partial charge in [-0.05, 0) is 31.0 Å². The molecule has 0 aliphatic carbocycles. The lowest BCUT2D eigenvalue weighted by molar-refractivity contribution is -0.137. The van der Waals surface area contributed by atoms with Gasteiger partial charge in [-0.15, -0.1) is 0 Å². The van der Waals surface area contributed by atoms with E-state index in [-0.39, 0.29) is 18.2 Å². The molecule has 6 N–H and O–H groups in total. The van der Waals surface area contributed by atoms with Crippen LogP contribution in [0.5, 0.6) is 0 Å². The van der Waals surface area contributed by atoms with Gasteiger partial charge in [0.05, 0.1) is 5.56 Å². The van der Waals surface area contributed by atoms with Crippen LogP contribution in [-0.4, -0.2) is 34.3 Å². The smallest absolute Gasteiger partial charge is 0.303 e. The molecule has 2 aromatic rings. The molecule has 1 aromatic carbocycles. The number of unbranched alkanes of at least 4 members (excludes halogenated alkanes) is 3. The Morgan fingerprint density at radius 2 is 1.96 bits per heavy atom. The highest BCUT2D eigenvalue weighted by atomic mass is 16.4. The van der Waals surface area contributed by atoms with Crippen LogP contribution in [-0.2, 0) is 4.79 Å². The molecule has 0 atom stereocenters. The number of fused-ring (bicyclic) bond motifs is 1. The highest BCUT2D eigenvalue weighted by Gasteiger charge is 2.12. The second-order valence-corrected chi connectivity index (χ2v) is 5.69. The number of aromatic nitrogens is 1. The largest absolute Gasteiger partial charge is 0.481 e. The van der Waals surface area contributed by atoms with Crippen LogP contribution in [0.25, 0.3) is 10.9 Å². The fourth-order valence-electron chi connectivity index (χ4n) is 2.53. The molecule has 0 fully saturated rings. The lowest BCUT2D eigenvalue weighted by Gasteiger charge is -2.05. The molecule has 1 aromatic heterocycles. The molecule has 0 aliphatic heterocycles. The minimum Gasteiger partial charge on any atom is -0.481 e. The van der Waals surface area contributed by atoms with Gasteiger partial charge in [-0.1, -0.05) is 12.8 Å². The average Bonchev–Trinajstić information content (AvgIpc) is 2.96. The second-order valence-electron chi connectivity index (χ2n) is 5.69. The minimum absolute atomic E-state index is 0.0363. The lowest BCUT2D eigenvalue weighted by atomic mass is 10.1. The highest BCUT2D eigenvalue weighted by molar-refractivity contribution is 6.08. The monoisotopic (exact) mass is 330 g/mol. The van der Waals surface area contributed by atoms with Gasteiger partial charge >= 0.3 is 5.97 Å². The number of amides is 1. The van der Waals surface area contributed by atoms with Crippen molar-refractivity contribution in [1.29, 1.82) is 5.41 Å². The van der Waals surface area contributed by atoms with Crippen LogP contribution in [0, 0.1) is 5.41 Å². The first-order valence-electron chi connectivity index (χ1n) is 7.94. The molecule has 1 amide bonds. The summed E-state index contributed by atoms with van der Waals surface area (Å²) in [5, 5.41) is 19.6. The Morgan fingerprint density at radius 1 is 1.21 bits per heavy atom. The fourth-order valence-corrected chi connectivity index (χ4v) is 2.53. The number of hydrogen-bond donors (Lipinski definition) is 5. The van der Waals surface area contributed by atoms with Crippen LogP contribution in [0.3, 0.4) is 0 Å². The summed E-state index contributed by atoms with van der Waals surface area (Å²) in [6.45, 7) is 0.547. The van der Waals surface area contributed by atoms with E-state index >= 15 is 0 Å². The number of hydrogen-bond acceptors (Lipinski definition) is 3. The number of aromatic amines is 1. The van der Waals surface area contributed by atoms with E-state index in [4.69, 9.17) is 16.2 Å². The number of carbonyl (C=O) groups is 2. The zero-order chi connectivity index (χ0) is 17.5. The van der Waals surface area contributed by atoms with Crippen molar-refractivity contribution in [2.45, 2.75) is 32.1 Å². The van der Waals surface area contributed by atoms with Gasteiger partial charge in [-0.2, -0.15) is 0 Å². The van der Waals surface area contributed by atoms with Crippen molar-refractivity contribution < 1.29 is 14.7 Å². The number of amidine groups is 1. The summed E-state index contributed by atoms with van der Waals surface area (Å²) in [6, 6.07) is 5.26. The fraction of sp³-hybridized carbons (Fsp3) is 0.353. The quantitative estimate of drug-likeness (QED) is 0.274. The number of nitrogen functional groups attached to an aromatic ring is 1. The number of carboxylic acid groups (broad SMARTS) is 1. The standard InChI is InChI=1S/C17H22N4O3/c18-16(19)11-6-7-14-12(9-11)13(10-21-14)17(24)20-8-4-2-1-3-5-15(22)23/h6-7,9-10,21H,1-5,8H2,(H3,18,19)(H,20,24)(H,22,23). The molecular formula is C17H22N4O3. The van der Waals surface area contributed by atoms with Crippen LogP contribution in [0.2, 0.25) is 0 Å². The predicted molar refractivity (Wildman–Crippen MR) is 92.4 cm³/mol. The first-order chi connectivity index (χ1) is 11.5. The van der Waals surface area contributed by atoms with Crippen molar-refractivity contribution in [3.05, 3.63) is 35.5 Å². The normalized spacial score (nSPS) is 10.7. The molecule has 1 heterocycles. The lowest BCUT2D eigenvalue weighted by Crippen LogP contribution is -2.24. The first kappa shape index (κ1) is 17.5. The Morgan fingerprint density at radius 3 is 2.67 bits per heavy atom. The van der Waals surface area contributed by atoms with Gasteiger partial charge in [0.2, 0.25) is 0 Å². The summed E-state index contributed by atoms with van der Waals surface area (Å²) in [4.78, 5) is 25.7. The summed E-state index contributed by atoms with van der Waals surface area (Å²) in [5.41, 5.74) is 7.42. The third kappa shape index (κ3) is 4.58. The van der Waals surface area contributed by atoms with E-state index in [9.17, 15) is 9.59 Å². The van der Waals surface area contributed by atoms with E-state index in [2.05, 4.69) is 10.3 Å². The van der Waals surface area contributed by atoms with E-state index in [1.54, 1.807) is 24.4 Å². The molecule has 7 nitrogen and oxygen atoms in total. The molecule has 0 unspecified atom stereocenters. The Hall–Kier alpha value is -2.83. The molecule has 0 bridgehead atoms. The van der Waals surface area contributed by atoms with Crippen LogP contribution in [0.4, 0.5) is 0 Å². The average molecular weight is 330 g/mol. The first-order valence-corrected chi connectivity index (χ1v) is 7.94. The number of aliphatic carboxylic acids is 1. The molecule has 0 saturated carbocycles. The summed E-state index contributed by atoms with van der Waals surface area (Å²) < 4.78 is 0. The van der Waals surface area contributed by atoms with Crippen molar-refractivity contribution in [2.24, 2.45) is 5.73 Å². The topological polar surface area (TPSA) is 132 Å². The molecule has 7 heteroatoms. The second kappa shape index (κ2) is 8.14. The number of nitrogens with one attached hydrogen (secondary N) is 3. The zero-order valence-corrected chi connectivity index (χ0v) is 13.4. The molecule has 0 saturated heterocycles. The van der Waals surface area contributed by atoms with Crippen molar-refractivity contribution in [3.63, 3.8) is 0 Å². The minimum atomic E-state index is -0.771. The van der Waals surface area contributed by atoms with Crippen LogP contribution >= 0.6 is 0 Å².